The van der Waals surface area contributed by atoms with Crippen LogP contribution in [0.3, 0.4) is 0 Å². The Hall–Kier alpha value is -3.22. The Labute approximate surface area is 201 Å². The lowest BCUT2D eigenvalue weighted by Crippen LogP contribution is -2.29. The fraction of sp³-hybridized carbons (Fsp3) is 0.304. The summed E-state index contributed by atoms with van der Waals surface area (Å²) in [4.78, 5) is 8.81. The van der Waals surface area contributed by atoms with Crippen LogP contribution in [0.4, 0.5) is 19.0 Å². The van der Waals surface area contributed by atoms with Crippen molar-refractivity contribution in [3.8, 4) is 28.4 Å². The first kappa shape index (κ1) is 26.4. The summed E-state index contributed by atoms with van der Waals surface area (Å²) < 4.78 is 67.5. The number of ether oxygens (including phenoxy) is 1. The number of benzene rings is 2. The zero-order chi connectivity index (χ0) is 25.6. The van der Waals surface area contributed by atoms with Crippen molar-refractivity contribution in [1.29, 1.82) is 0 Å². The van der Waals surface area contributed by atoms with Crippen LogP contribution in [0.15, 0.2) is 59.5 Å². The van der Waals surface area contributed by atoms with E-state index < -0.39 is 28.7 Å². The van der Waals surface area contributed by atoms with Gasteiger partial charge in [0.05, 0.1) is 10.6 Å². The van der Waals surface area contributed by atoms with Crippen LogP contribution in [0.1, 0.15) is 0 Å². The smallest absolute Gasteiger partial charge is 0.405 e. The van der Waals surface area contributed by atoms with Gasteiger partial charge < -0.3 is 20.5 Å². The molecule has 1 aromatic heterocycles. The molecule has 0 aliphatic rings. The molecule has 3 aromatic rings. The molecule has 0 radical (unpaired) electrons. The van der Waals surface area contributed by atoms with E-state index in [1.54, 1.807) is 31.3 Å². The topological polar surface area (TPSA) is 113 Å². The molecule has 3 N–H and O–H groups in total. The summed E-state index contributed by atoms with van der Waals surface area (Å²) in [5.41, 5.74) is 1.28. The molecule has 3 rings (SSSR count). The van der Waals surface area contributed by atoms with Gasteiger partial charge in [-0.15, -0.1) is 0 Å². The number of nitrogens with one attached hydrogen (secondary N) is 2. The first-order chi connectivity index (χ1) is 16.4. The van der Waals surface area contributed by atoms with Gasteiger partial charge >= 0.3 is 6.18 Å². The van der Waals surface area contributed by atoms with Crippen molar-refractivity contribution >= 4 is 15.7 Å². The summed E-state index contributed by atoms with van der Waals surface area (Å²) in [6, 6.07) is 13.9. The van der Waals surface area contributed by atoms with Gasteiger partial charge in [-0.25, -0.2) is 18.4 Å². The molecule has 188 valence electrons. The number of anilines is 1. The highest BCUT2D eigenvalue weighted by Crippen LogP contribution is 2.28. The van der Waals surface area contributed by atoms with Crippen LogP contribution in [-0.4, -0.2) is 68.8 Å². The quantitative estimate of drug-likeness (QED) is 0.381. The molecule has 0 saturated carbocycles. The third kappa shape index (κ3) is 7.91. The van der Waals surface area contributed by atoms with Gasteiger partial charge in [0, 0.05) is 30.0 Å². The number of alkyl halides is 3. The first-order valence-corrected chi connectivity index (χ1v) is 12.4. The highest BCUT2D eigenvalue weighted by molar-refractivity contribution is 7.90. The van der Waals surface area contributed by atoms with Crippen LogP contribution in [0, 0.1) is 0 Å². The van der Waals surface area contributed by atoms with Crippen molar-refractivity contribution in [2.45, 2.75) is 17.2 Å². The molecular weight excluding hydrogens is 485 g/mol. The second-order valence-corrected chi connectivity index (χ2v) is 9.79. The Bertz CT molecular complexity index is 1250. The van der Waals surface area contributed by atoms with E-state index in [0.29, 0.717) is 29.1 Å². The summed E-state index contributed by atoms with van der Waals surface area (Å²) >= 11 is 0. The highest BCUT2D eigenvalue weighted by atomic mass is 32.2. The normalized spacial score (nSPS) is 12.9. The van der Waals surface area contributed by atoms with Crippen molar-refractivity contribution in [2.75, 3.05) is 38.3 Å². The largest absolute Gasteiger partial charge is 0.491 e. The fourth-order valence-electron chi connectivity index (χ4n) is 3.09. The number of nitrogens with zero attached hydrogens (tertiary/aromatic N) is 2. The molecule has 0 aliphatic carbocycles. The number of likely N-dealkylation sites (N-methyl/N-ethyl adjacent to an activating group) is 1. The number of hydrogen-bond donors (Lipinski definition) is 3. The van der Waals surface area contributed by atoms with E-state index in [1.807, 2.05) is 0 Å². The molecule has 0 amide bonds. The molecule has 1 heterocycles. The van der Waals surface area contributed by atoms with Gasteiger partial charge in [-0.05, 0) is 31.3 Å². The Balaban J connectivity index is 1.97. The van der Waals surface area contributed by atoms with Gasteiger partial charge in [0.25, 0.3) is 0 Å². The number of aliphatic hydroxyl groups excluding tert-OH is 1. The summed E-state index contributed by atoms with van der Waals surface area (Å²) in [6.07, 6.45) is -4.10. The predicted molar refractivity (Wildman–Crippen MR) is 126 cm³/mol. The second-order valence-electron chi connectivity index (χ2n) is 7.78. The minimum absolute atomic E-state index is 0.0380. The van der Waals surface area contributed by atoms with E-state index in [2.05, 4.69) is 20.6 Å². The lowest BCUT2D eigenvalue weighted by atomic mass is 10.1. The molecule has 0 saturated heterocycles. The van der Waals surface area contributed by atoms with E-state index in [4.69, 9.17) is 4.74 Å². The van der Waals surface area contributed by atoms with Crippen molar-refractivity contribution < 1.29 is 31.4 Å². The zero-order valence-electron chi connectivity index (χ0n) is 19.0. The van der Waals surface area contributed by atoms with Crippen molar-refractivity contribution in [3.05, 3.63) is 54.6 Å². The first-order valence-electron chi connectivity index (χ1n) is 10.5. The number of aromatic nitrogens is 2. The molecule has 12 heteroatoms. The number of sulfone groups is 1. The van der Waals surface area contributed by atoms with Crippen LogP contribution in [0.5, 0.6) is 5.75 Å². The average Bonchev–Trinajstić information content (AvgIpc) is 2.81. The third-order valence-electron chi connectivity index (χ3n) is 4.75. The van der Waals surface area contributed by atoms with Gasteiger partial charge in [-0.1, -0.05) is 24.3 Å². The van der Waals surface area contributed by atoms with Crippen LogP contribution >= 0.6 is 0 Å². The monoisotopic (exact) mass is 510 g/mol. The zero-order valence-corrected chi connectivity index (χ0v) is 19.8. The van der Waals surface area contributed by atoms with Crippen LogP contribution in [-0.2, 0) is 9.84 Å². The van der Waals surface area contributed by atoms with Crippen LogP contribution in [0.25, 0.3) is 22.6 Å². The maximum Gasteiger partial charge on any atom is 0.405 e. The maximum absolute atomic E-state index is 12.8. The predicted octanol–water partition coefficient (Wildman–Crippen LogP) is 3.15. The second kappa shape index (κ2) is 11.0. The fourth-order valence-corrected chi connectivity index (χ4v) is 3.72. The van der Waals surface area contributed by atoms with Crippen molar-refractivity contribution in [1.82, 2.24) is 15.3 Å². The van der Waals surface area contributed by atoms with Crippen molar-refractivity contribution in [3.63, 3.8) is 0 Å². The molecule has 2 aromatic carbocycles. The molecule has 8 nitrogen and oxygen atoms in total. The lowest BCUT2D eigenvalue weighted by Gasteiger charge is -2.14. The Morgan fingerprint density at radius 2 is 1.77 bits per heavy atom. The molecule has 0 bridgehead atoms. The summed E-state index contributed by atoms with van der Waals surface area (Å²) in [7, 11) is -1.71. The maximum atomic E-state index is 12.8. The summed E-state index contributed by atoms with van der Waals surface area (Å²) in [5, 5.41) is 14.9. The molecule has 1 atom stereocenters. The number of halogens is 3. The third-order valence-corrected chi connectivity index (χ3v) is 5.88. The van der Waals surface area contributed by atoms with Gasteiger partial charge in [0.15, 0.2) is 15.7 Å². The van der Waals surface area contributed by atoms with E-state index in [-0.39, 0.29) is 23.1 Å². The van der Waals surface area contributed by atoms with Crippen LogP contribution < -0.4 is 15.4 Å². The van der Waals surface area contributed by atoms with Crippen molar-refractivity contribution in [2.24, 2.45) is 0 Å². The van der Waals surface area contributed by atoms with Gasteiger partial charge in [0.1, 0.15) is 30.8 Å². The average molecular weight is 511 g/mol. The number of rotatable bonds is 10. The Morgan fingerprint density at radius 1 is 1.06 bits per heavy atom. The summed E-state index contributed by atoms with van der Waals surface area (Å²) in [5.74, 6) is 0.514. The van der Waals surface area contributed by atoms with E-state index >= 15 is 0 Å². The van der Waals surface area contributed by atoms with E-state index in [1.165, 1.54) is 30.3 Å². The molecule has 0 spiro atoms. The minimum atomic E-state index is -4.45. The van der Waals surface area contributed by atoms with E-state index in [0.717, 1.165) is 6.26 Å². The highest BCUT2D eigenvalue weighted by Gasteiger charge is 2.27. The number of aliphatic hydroxyl groups is 1. The SMILES string of the molecule is CNCC(O)COc1cccc(-c2nc(NCC(F)(F)F)cc(-c3ccc(S(C)(=O)=O)cc3)n2)c1. The Morgan fingerprint density at radius 3 is 2.40 bits per heavy atom. The molecule has 1 unspecified atom stereocenters. The van der Waals surface area contributed by atoms with Gasteiger partial charge in [-0.3, -0.25) is 0 Å². The lowest BCUT2D eigenvalue weighted by molar-refractivity contribution is -0.115. The van der Waals surface area contributed by atoms with Gasteiger partial charge in [-0.2, -0.15) is 13.2 Å². The standard InChI is InChI=1S/C23H25F3N4O4S/c1-27-12-17(31)13-34-18-5-3-4-16(10-18)22-29-20(11-21(30-22)28-14-23(24,25)26)15-6-8-19(9-7-15)35(2,32)33/h3-11,17,27,31H,12-14H2,1-2H3,(H,28,29,30). The molecule has 0 fully saturated rings. The van der Waals surface area contributed by atoms with E-state index in [9.17, 15) is 26.7 Å². The summed E-state index contributed by atoms with van der Waals surface area (Å²) in [6.45, 7) is -0.907. The molecule has 0 aliphatic heterocycles. The van der Waals surface area contributed by atoms with Gasteiger partial charge in [0.2, 0.25) is 0 Å². The molecular formula is C23H25F3N4O4S. The number of hydrogen-bond acceptors (Lipinski definition) is 8. The Kier molecular flexibility index (Phi) is 8.30. The minimum Gasteiger partial charge on any atom is -0.491 e. The molecule has 35 heavy (non-hydrogen) atoms. The van der Waals surface area contributed by atoms with Crippen LogP contribution in [0.2, 0.25) is 0 Å².